The third-order valence-corrected chi connectivity index (χ3v) is 8.00. The molecule has 1 saturated heterocycles. The molecule has 0 saturated carbocycles. The lowest BCUT2D eigenvalue weighted by Crippen LogP contribution is -2.38. The third-order valence-electron chi connectivity index (χ3n) is 4.76. The van der Waals surface area contributed by atoms with Crippen LogP contribution in [0.15, 0.2) is 46.0 Å². The molecule has 1 N–H and O–H groups in total. The second-order valence-electron chi connectivity index (χ2n) is 6.31. The predicted molar refractivity (Wildman–Crippen MR) is 99.9 cm³/mol. The average molecular weight is 377 g/mol. The second-order valence-corrected chi connectivity index (χ2v) is 9.42. The minimum atomic E-state index is -3.38. The maximum Gasteiger partial charge on any atom is 0.252 e. The molecule has 1 unspecified atom stereocenters. The number of hydrogen-bond acceptors (Lipinski definition) is 4. The van der Waals surface area contributed by atoms with E-state index in [9.17, 15) is 8.42 Å². The SMILES string of the molecule is COc1ccc2[nH]c(C3CCCN(S(=O)(=O)c4cccs4)C3)cc2c1. The van der Waals surface area contributed by atoms with Crippen molar-refractivity contribution in [1.29, 1.82) is 0 Å². The van der Waals surface area contributed by atoms with Crippen LogP contribution in [0.3, 0.4) is 0 Å². The fraction of sp³-hybridized carbons (Fsp3) is 0.333. The van der Waals surface area contributed by atoms with E-state index in [1.165, 1.54) is 11.3 Å². The Morgan fingerprint density at radius 1 is 1.28 bits per heavy atom. The third kappa shape index (κ3) is 3.07. The molecule has 2 aromatic heterocycles. The van der Waals surface area contributed by atoms with Crippen LogP contribution in [0.25, 0.3) is 10.9 Å². The maximum atomic E-state index is 12.8. The molecular formula is C18H20N2O3S2. The van der Waals surface area contributed by atoms with Gasteiger partial charge in [-0.05, 0) is 48.6 Å². The molecule has 1 fully saturated rings. The quantitative estimate of drug-likeness (QED) is 0.753. The summed E-state index contributed by atoms with van der Waals surface area (Å²) in [5.74, 6) is 1.01. The summed E-state index contributed by atoms with van der Waals surface area (Å²) in [6.07, 6.45) is 1.86. The lowest BCUT2D eigenvalue weighted by atomic mass is 9.96. The molecule has 132 valence electrons. The summed E-state index contributed by atoms with van der Waals surface area (Å²) in [7, 11) is -1.73. The molecule has 5 nitrogen and oxygen atoms in total. The second kappa shape index (κ2) is 6.48. The van der Waals surface area contributed by atoms with Crippen LogP contribution < -0.4 is 4.74 Å². The fourth-order valence-electron chi connectivity index (χ4n) is 3.43. The Bertz CT molecular complexity index is 977. The van der Waals surface area contributed by atoms with Gasteiger partial charge >= 0.3 is 0 Å². The minimum absolute atomic E-state index is 0.182. The molecule has 7 heteroatoms. The van der Waals surface area contributed by atoms with Crippen molar-refractivity contribution in [3.63, 3.8) is 0 Å². The number of aromatic amines is 1. The van der Waals surface area contributed by atoms with Crippen LogP contribution in [0.1, 0.15) is 24.5 Å². The van der Waals surface area contributed by atoms with Gasteiger partial charge in [-0.1, -0.05) is 6.07 Å². The number of aromatic nitrogens is 1. The van der Waals surface area contributed by atoms with Crippen molar-refractivity contribution in [3.05, 3.63) is 47.5 Å². The molecule has 3 heterocycles. The lowest BCUT2D eigenvalue weighted by molar-refractivity contribution is 0.314. The Labute approximate surface area is 151 Å². The fourth-order valence-corrected chi connectivity index (χ4v) is 6.10. The van der Waals surface area contributed by atoms with Gasteiger partial charge in [0.1, 0.15) is 9.96 Å². The van der Waals surface area contributed by atoms with Gasteiger partial charge in [0.2, 0.25) is 0 Å². The van der Waals surface area contributed by atoms with Crippen molar-refractivity contribution in [2.45, 2.75) is 23.0 Å². The molecule has 0 aliphatic carbocycles. The first-order valence-electron chi connectivity index (χ1n) is 8.28. The van der Waals surface area contributed by atoms with Crippen molar-refractivity contribution in [1.82, 2.24) is 9.29 Å². The molecule has 3 aromatic rings. The smallest absolute Gasteiger partial charge is 0.252 e. The van der Waals surface area contributed by atoms with Crippen molar-refractivity contribution >= 4 is 32.3 Å². The zero-order valence-electron chi connectivity index (χ0n) is 13.9. The number of sulfonamides is 1. The van der Waals surface area contributed by atoms with E-state index in [2.05, 4.69) is 11.1 Å². The highest BCUT2D eigenvalue weighted by molar-refractivity contribution is 7.91. The lowest BCUT2D eigenvalue weighted by Gasteiger charge is -2.31. The Kier molecular flexibility index (Phi) is 4.31. The first-order valence-corrected chi connectivity index (χ1v) is 10.6. The number of fused-ring (bicyclic) bond motifs is 1. The molecule has 4 rings (SSSR count). The number of piperidine rings is 1. The van der Waals surface area contributed by atoms with E-state index in [0.29, 0.717) is 17.3 Å². The van der Waals surface area contributed by atoms with E-state index < -0.39 is 10.0 Å². The number of thiophene rings is 1. The van der Waals surface area contributed by atoms with Crippen molar-refractivity contribution in [2.24, 2.45) is 0 Å². The number of hydrogen-bond donors (Lipinski definition) is 1. The monoisotopic (exact) mass is 376 g/mol. The van der Waals surface area contributed by atoms with Gasteiger partial charge in [-0.15, -0.1) is 11.3 Å². The van der Waals surface area contributed by atoms with Crippen LogP contribution in [0.5, 0.6) is 5.75 Å². The number of nitrogens with one attached hydrogen (secondary N) is 1. The Morgan fingerprint density at radius 3 is 2.92 bits per heavy atom. The Balaban J connectivity index is 1.61. The summed E-state index contributed by atoms with van der Waals surface area (Å²) in [5.41, 5.74) is 2.14. The highest BCUT2D eigenvalue weighted by atomic mass is 32.2. The van der Waals surface area contributed by atoms with Crippen LogP contribution in [0, 0.1) is 0 Å². The van der Waals surface area contributed by atoms with Crippen molar-refractivity contribution < 1.29 is 13.2 Å². The number of methoxy groups -OCH3 is 1. The van der Waals surface area contributed by atoms with Crippen molar-refractivity contribution in [3.8, 4) is 5.75 Å². The van der Waals surface area contributed by atoms with E-state index >= 15 is 0 Å². The Morgan fingerprint density at radius 2 is 2.16 bits per heavy atom. The maximum absolute atomic E-state index is 12.8. The van der Waals surface area contributed by atoms with E-state index in [-0.39, 0.29) is 5.92 Å². The molecule has 25 heavy (non-hydrogen) atoms. The van der Waals surface area contributed by atoms with E-state index in [0.717, 1.165) is 35.2 Å². The summed E-state index contributed by atoms with van der Waals surface area (Å²) < 4.78 is 32.9. The number of rotatable bonds is 4. The summed E-state index contributed by atoms with van der Waals surface area (Å²) in [6.45, 7) is 1.11. The van der Waals surface area contributed by atoms with Crippen LogP contribution in [0.4, 0.5) is 0 Å². The van der Waals surface area contributed by atoms with E-state index in [4.69, 9.17) is 4.74 Å². The zero-order valence-corrected chi connectivity index (χ0v) is 15.6. The van der Waals surface area contributed by atoms with Gasteiger partial charge in [0.15, 0.2) is 0 Å². The standard InChI is InChI=1S/C18H20N2O3S2/c1-23-15-6-7-16-14(10-15)11-17(19-16)13-4-2-8-20(12-13)25(21,22)18-5-3-9-24-18/h3,5-7,9-11,13,19H,2,4,8,12H2,1H3. The summed E-state index contributed by atoms with van der Waals surface area (Å²) in [5, 5.41) is 2.90. The van der Waals surface area contributed by atoms with E-state index in [1.54, 1.807) is 28.9 Å². The Hall–Kier alpha value is -1.83. The molecule has 1 aliphatic heterocycles. The largest absolute Gasteiger partial charge is 0.497 e. The molecule has 1 aliphatic rings. The molecule has 1 atom stereocenters. The first kappa shape index (κ1) is 16.6. The number of nitrogens with zero attached hydrogens (tertiary/aromatic N) is 1. The van der Waals surface area contributed by atoms with E-state index in [1.807, 2.05) is 18.2 Å². The van der Waals surface area contributed by atoms with Crippen molar-refractivity contribution in [2.75, 3.05) is 20.2 Å². The molecular weight excluding hydrogens is 356 g/mol. The number of H-pyrrole nitrogens is 1. The van der Waals surface area contributed by atoms with Crippen LogP contribution >= 0.6 is 11.3 Å². The average Bonchev–Trinajstić information content (AvgIpc) is 3.31. The molecule has 1 aromatic carbocycles. The molecule has 0 radical (unpaired) electrons. The highest BCUT2D eigenvalue weighted by Crippen LogP contribution is 2.33. The highest BCUT2D eigenvalue weighted by Gasteiger charge is 2.32. The van der Waals surface area contributed by atoms with Gasteiger partial charge in [0.05, 0.1) is 7.11 Å². The van der Waals surface area contributed by atoms with Gasteiger partial charge in [-0.3, -0.25) is 0 Å². The normalized spacial score (nSPS) is 19.3. The summed E-state index contributed by atoms with van der Waals surface area (Å²) in [6, 6.07) is 11.5. The van der Waals surface area contributed by atoms with Gasteiger partial charge in [-0.25, -0.2) is 8.42 Å². The van der Waals surface area contributed by atoms with Crippen LogP contribution in [-0.4, -0.2) is 37.9 Å². The molecule has 0 amide bonds. The van der Waals surface area contributed by atoms with Gasteiger partial charge < -0.3 is 9.72 Å². The first-order chi connectivity index (χ1) is 12.1. The summed E-state index contributed by atoms with van der Waals surface area (Å²) >= 11 is 1.28. The number of benzene rings is 1. The molecule has 0 spiro atoms. The van der Waals surface area contributed by atoms with Gasteiger partial charge in [-0.2, -0.15) is 4.31 Å². The van der Waals surface area contributed by atoms with Gasteiger partial charge in [0, 0.05) is 35.6 Å². The summed E-state index contributed by atoms with van der Waals surface area (Å²) in [4.78, 5) is 3.45. The predicted octanol–water partition coefficient (Wildman–Crippen LogP) is 3.81. The number of ether oxygens (including phenoxy) is 1. The van der Waals surface area contributed by atoms with Crippen LogP contribution in [-0.2, 0) is 10.0 Å². The zero-order chi connectivity index (χ0) is 17.4. The topological polar surface area (TPSA) is 62.4 Å². The van der Waals surface area contributed by atoms with Gasteiger partial charge in [0.25, 0.3) is 10.0 Å². The van der Waals surface area contributed by atoms with Crippen LogP contribution in [0.2, 0.25) is 0 Å². The molecule has 0 bridgehead atoms. The minimum Gasteiger partial charge on any atom is -0.497 e.